The zero-order valence-corrected chi connectivity index (χ0v) is 15.5. The first-order valence-electron chi connectivity index (χ1n) is 8.08. The van der Waals surface area contributed by atoms with E-state index in [1.54, 1.807) is 0 Å². The number of ether oxygens (including phenoxy) is 1. The van der Waals surface area contributed by atoms with Crippen LogP contribution in [0.4, 0.5) is 17.2 Å². The number of rotatable bonds is 8. The third-order valence-electron chi connectivity index (χ3n) is 3.49. The highest BCUT2D eigenvalue weighted by Gasteiger charge is 2.23. The number of anilines is 2. The molecule has 28 heavy (non-hydrogen) atoms. The average molecular weight is 409 g/mol. The van der Waals surface area contributed by atoms with Crippen LogP contribution in [-0.2, 0) is 9.53 Å². The third kappa shape index (κ3) is 5.63. The van der Waals surface area contributed by atoms with Gasteiger partial charge in [-0.2, -0.15) is 0 Å². The van der Waals surface area contributed by atoms with E-state index in [0.717, 1.165) is 6.07 Å². The summed E-state index contributed by atoms with van der Waals surface area (Å²) in [6.07, 6.45) is 0.144. The number of benzene rings is 1. The number of aliphatic hydroxyl groups excluding tert-OH is 1. The molecular formula is C17H17ClN4O6. The second kappa shape index (κ2) is 9.62. The number of amides is 1. The van der Waals surface area contributed by atoms with Gasteiger partial charge in [0.2, 0.25) is 0 Å². The molecule has 1 aromatic carbocycles. The van der Waals surface area contributed by atoms with Gasteiger partial charge in [0.15, 0.2) is 6.10 Å². The van der Waals surface area contributed by atoms with Crippen molar-refractivity contribution in [3.63, 3.8) is 0 Å². The molecule has 148 valence electrons. The number of nitrogens with zero attached hydrogens (tertiary/aromatic N) is 2. The first-order chi connectivity index (χ1) is 13.3. The van der Waals surface area contributed by atoms with Crippen molar-refractivity contribution in [2.75, 3.05) is 23.8 Å². The molecule has 2 aromatic rings. The molecule has 3 N–H and O–H groups in total. The van der Waals surface area contributed by atoms with Crippen LogP contribution in [0.15, 0.2) is 36.5 Å². The molecule has 0 fully saturated rings. The van der Waals surface area contributed by atoms with Gasteiger partial charge in [-0.25, -0.2) is 9.78 Å². The number of carbonyl (C=O) groups excluding carboxylic acids is 2. The number of hydrogen-bond donors (Lipinski definition) is 3. The molecule has 1 atom stereocenters. The van der Waals surface area contributed by atoms with Gasteiger partial charge >= 0.3 is 5.97 Å². The predicted molar refractivity (Wildman–Crippen MR) is 101 cm³/mol. The smallest absolute Gasteiger partial charge is 0.341 e. The van der Waals surface area contributed by atoms with Crippen molar-refractivity contribution < 1.29 is 24.4 Å². The van der Waals surface area contributed by atoms with E-state index in [-0.39, 0.29) is 35.9 Å². The molecule has 0 aliphatic heterocycles. The molecule has 0 saturated carbocycles. The zero-order valence-electron chi connectivity index (χ0n) is 14.7. The molecule has 1 amide bonds. The molecule has 10 nitrogen and oxygen atoms in total. The number of nitro benzene ring substituents is 1. The summed E-state index contributed by atoms with van der Waals surface area (Å²) in [6.45, 7) is 1.26. The van der Waals surface area contributed by atoms with E-state index in [4.69, 9.17) is 21.4 Å². The van der Waals surface area contributed by atoms with E-state index < -0.39 is 22.9 Å². The molecular weight excluding hydrogens is 392 g/mol. The number of carbonyl (C=O) groups is 2. The summed E-state index contributed by atoms with van der Waals surface area (Å²) in [7, 11) is 0. The van der Waals surface area contributed by atoms with Gasteiger partial charge in [-0.1, -0.05) is 11.6 Å². The lowest BCUT2D eigenvalue weighted by molar-refractivity contribution is -0.384. The van der Waals surface area contributed by atoms with Crippen LogP contribution in [0.5, 0.6) is 0 Å². The lowest BCUT2D eigenvalue weighted by Crippen LogP contribution is -2.30. The summed E-state index contributed by atoms with van der Waals surface area (Å²) < 4.78 is 5.12. The van der Waals surface area contributed by atoms with E-state index in [0.29, 0.717) is 5.02 Å². The lowest BCUT2D eigenvalue weighted by atomic mass is 10.1. The number of pyridine rings is 1. The minimum absolute atomic E-state index is 0.121. The van der Waals surface area contributed by atoms with Gasteiger partial charge in [0.1, 0.15) is 5.82 Å². The first kappa shape index (κ1) is 21.1. The highest BCUT2D eigenvalue weighted by Crippen LogP contribution is 2.23. The first-order valence-corrected chi connectivity index (χ1v) is 8.46. The quantitative estimate of drug-likeness (QED) is 0.342. The number of non-ortho nitro benzene ring substituents is 1. The van der Waals surface area contributed by atoms with Crippen molar-refractivity contribution in [3.8, 4) is 0 Å². The highest BCUT2D eigenvalue weighted by molar-refractivity contribution is 6.30. The predicted octanol–water partition coefficient (Wildman–Crippen LogP) is 2.23. The number of aliphatic hydroxyl groups is 1. The molecule has 0 radical (unpaired) electrons. The van der Waals surface area contributed by atoms with Crippen molar-refractivity contribution in [1.29, 1.82) is 0 Å². The maximum Gasteiger partial charge on any atom is 0.341 e. The van der Waals surface area contributed by atoms with Crippen LogP contribution in [0, 0.1) is 10.1 Å². The maximum atomic E-state index is 12.5. The summed E-state index contributed by atoms with van der Waals surface area (Å²) in [4.78, 5) is 38.9. The largest absolute Gasteiger partial charge is 0.449 e. The highest BCUT2D eigenvalue weighted by atomic mass is 35.5. The third-order valence-corrected chi connectivity index (χ3v) is 3.72. The van der Waals surface area contributed by atoms with Crippen LogP contribution >= 0.6 is 11.6 Å². The number of nitrogens with one attached hydrogen (secondary N) is 2. The molecule has 1 aromatic heterocycles. The summed E-state index contributed by atoms with van der Waals surface area (Å²) in [5.41, 5.74) is -0.215. The number of hydrogen-bond acceptors (Lipinski definition) is 8. The van der Waals surface area contributed by atoms with E-state index >= 15 is 0 Å². The Morgan fingerprint density at radius 2 is 2.11 bits per heavy atom. The van der Waals surface area contributed by atoms with Gasteiger partial charge in [-0.15, -0.1) is 0 Å². The zero-order chi connectivity index (χ0) is 20.7. The minimum atomic E-state index is -1.20. The number of esters is 1. The Bertz CT molecular complexity index is 874. The van der Waals surface area contributed by atoms with E-state index in [9.17, 15) is 19.7 Å². The Balaban J connectivity index is 2.13. The minimum Gasteiger partial charge on any atom is -0.449 e. The molecule has 0 saturated heterocycles. The Morgan fingerprint density at radius 1 is 1.36 bits per heavy atom. The SMILES string of the molecule is CC(OC(=O)c1cc([N+](=O)[O-])ccc1NCCO)C(=O)Nc1ccc(Cl)cn1. The van der Waals surface area contributed by atoms with Crippen molar-refractivity contribution >= 4 is 40.7 Å². The molecule has 1 unspecified atom stereocenters. The number of halogens is 1. The molecule has 1 heterocycles. The Kier molecular flexibility index (Phi) is 7.24. The van der Waals surface area contributed by atoms with Crippen LogP contribution in [-0.4, -0.2) is 46.1 Å². The Labute approximate surface area is 164 Å². The van der Waals surface area contributed by atoms with Gasteiger partial charge in [0, 0.05) is 30.6 Å². The fraction of sp³-hybridized carbons (Fsp3) is 0.235. The molecule has 0 spiro atoms. The topological polar surface area (TPSA) is 144 Å². The maximum absolute atomic E-state index is 12.5. The Hall–Kier alpha value is -3.24. The van der Waals surface area contributed by atoms with Gasteiger partial charge in [-0.05, 0) is 25.1 Å². The normalized spacial score (nSPS) is 11.4. The van der Waals surface area contributed by atoms with Crippen LogP contribution in [0.1, 0.15) is 17.3 Å². The summed E-state index contributed by atoms with van der Waals surface area (Å²) in [6, 6.07) is 6.58. The van der Waals surface area contributed by atoms with Crippen molar-refractivity contribution in [3.05, 3.63) is 57.2 Å². The van der Waals surface area contributed by atoms with E-state index in [2.05, 4.69) is 15.6 Å². The van der Waals surface area contributed by atoms with Crippen LogP contribution < -0.4 is 10.6 Å². The monoisotopic (exact) mass is 408 g/mol. The van der Waals surface area contributed by atoms with Gasteiger partial charge in [0.25, 0.3) is 11.6 Å². The summed E-state index contributed by atoms with van der Waals surface area (Å²) >= 11 is 5.72. The van der Waals surface area contributed by atoms with Crippen LogP contribution in [0.3, 0.4) is 0 Å². The number of aromatic nitrogens is 1. The summed E-state index contributed by atoms with van der Waals surface area (Å²) in [5, 5.41) is 25.5. The average Bonchev–Trinajstić information content (AvgIpc) is 2.67. The lowest BCUT2D eigenvalue weighted by Gasteiger charge is -2.15. The number of nitro groups is 1. The van der Waals surface area contributed by atoms with E-state index in [1.807, 2.05) is 0 Å². The van der Waals surface area contributed by atoms with E-state index in [1.165, 1.54) is 37.4 Å². The molecule has 0 aliphatic rings. The fourth-order valence-electron chi connectivity index (χ4n) is 2.11. The second-order valence-electron chi connectivity index (χ2n) is 5.54. The molecule has 0 bridgehead atoms. The van der Waals surface area contributed by atoms with Crippen LogP contribution in [0.2, 0.25) is 5.02 Å². The molecule has 0 aliphatic carbocycles. The van der Waals surface area contributed by atoms with Crippen molar-refractivity contribution in [2.24, 2.45) is 0 Å². The molecule has 11 heteroatoms. The fourth-order valence-corrected chi connectivity index (χ4v) is 2.23. The summed E-state index contributed by atoms with van der Waals surface area (Å²) in [5.74, 6) is -1.35. The Morgan fingerprint density at radius 3 is 2.71 bits per heavy atom. The van der Waals surface area contributed by atoms with Crippen molar-refractivity contribution in [2.45, 2.75) is 13.0 Å². The standard InChI is InChI=1S/C17H17ClN4O6/c1-10(16(24)21-15-5-2-11(18)9-20-15)28-17(25)13-8-12(22(26)27)3-4-14(13)19-6-7-23/h2-5,8-10,19,23H,6-7H2,1H3,(H,20,21,24). The second-order valence-corrected chi connectivity index (χ2v) is 5.97. The van der Waals surface area contributed by atoms with Gasteiger partial charge < -0.3 is 20.5 Å². The van der Waals surface area contributed by atoms with Crippen LogP contribution in [0.25, 0.3) is 0 Å². The van der Waals surface area contributed by atoms with Crippen molar-refractivity contribution in [1.82, 2.24) is 4.98 Å². The molecule has 2 rings (SSSR count). The van der Waals surface area contributed by atoms with Gasteiger partial charge in [-0.3, -0.25) is 14.9 Å². The van der Waals surface area contributed by atoms with Gasteiger partial charge in [0.05, 0.1) is 22.1 Å².